The van der Waals surface area contributed by atoms with E-state index in [9.17, 15) is 4.79 Å². The third kappa shape index (κ3) is 3.61. The van der Waals surface area contributed by atoms with Gasteiger partial charge in [-0.1, -0.05) is 11.6 Å². The van der Waals surface area contributed by atoms with Crippen LogP contribution in [0.25, 0.3) is 0 Å². The summed E-state index contributed by atoms with van der Waals surface area (Å²) in [5, 5.41) is 16.4. The zero-order valence-electron chi connectivity index (χ0n) is 11.9. The molecule has 2 rings (SSSR count). The molecule has 2 aromatic rings. The molecule has 1 N–H and O–H groups in total. The monoisotopic (exact) mass is 302 g/mol. The zero-order chi connectivity index (χ0) is 15.4. The molecule has 1 aromatic heterocycles. The summed E-state index contributed by atoms with van der Waals surface area (Å²) >= 11 is 6.06. The number of nitrogens with zero attached hydrogens (tertiary/aromatic N) is 3. The lowest BCUT2D eigenvalue weighted by atomic mass is 10.2. The molecule has 6 heteroatoms. The Morgan fingerprint density at radius 3 is 2.57 bits per heavy atom. The molecule has 1 aromatic carbocycles. The highest BCUT2D eigenvalue weighted by molar-refractivity contribution is 6.31. The number of hydrogen-bond acceptors (Lipinski definition) is 3. The molecule has 1 amide bonds. The first-order chi connectivity index (χ1) is 10.0. The average molecular weight is 303 g/mol. The summed E-state index contributed by atoms with van der Waals surface area (Å²) in [6.45, 7) is 4.19. The summed E-state index contributed by atoms with van der Waals surface area (Å²) in [7, 11) is 0. The standard InChI is InChI=1S/C15H15ClN4O/c1-10-15(16)11(2)20(19-10)8-7-14(21)18-13-5-3-12(9-17)4-6-13/h3-6H,7-8H2,1-2H3,(H,18,21). The first kappa shape index (κ1) is 15.1. The van der Waals surface area contributed by atoms with Crippen LogP contribution in [-0.2, 0) is 11.3 Å². The lowest BCUT2D eigenvalue weighted by Gasteiger charge is -2.06. The molecule has 0 fully saturated rings. The number of anilines is 1. The average Bonchev–Trinajstić information content (AvgIpc) is 2.73. The van der Waals surface area contributed by atoms with Crippen LogP contribution in [0.4, 0.5) is 5.69 Å². The van der Waals surface area contributed by atoms with Crippen LogP contribution >= 0.6 is 11.6 Å². The minimum Gasteiger partial charge on any atom is -0.326 e. The number of aromatic nitrogens is 2. The topological polar surface area (TPSA) is 70.7 Å². The maximum Gasteiger partial charge on any atom is 0.226 e. The second-order valence-electron chi connectivity index (χ2n) is 4.70. The number of aryl methyl sites for hydroxylation is 2. The van der Waals surface area contributed by atoms with Crippen molar-refractivity contribution in [3.8, 4) is 6.07 Å². The predicted molar refractivity (Wildman–Crippen MR) is 81.1 cm³/mol. The molecule has 21 heavy (non-hydrogen) atoms. The molecule has 0 aliphatic rings. The molecule has 0 saturated carbocycles. The van der Waals surface area contributed by atoms with Gasteiger partial charge in [-0.2, -0.15) is 10.4 Å². The molecule has 0 aliphatic carbocycles. The molecule has 0 radical (unpaired) electrons. The van der Waals surface area contributed by atoms with Crippen LogP contribution < -0.4 is 5.32 Å². The van der Waals surface area contributed by atoms with E-state index in [1.165, 1.54) is 0 Å². The van der Waals surface area contributed by atoms with Gasteiger partial charge in [0, 0.05) is 12.1 Å². The van der Waals surface area contributed by atoms with Crippen molar-refractivity contribution in [3.05, 3.63) is 46.2 Å². The third-order valence-corrected chi connectivity index (χ3v) is 3.69. The highest BCUT2D eigenvalue weighted by atomic mass is 35.5. The van der Waals surface area contributed by atoms with Gasteiger partial charge in [0.05, 0.1) is 34.6 Å². The minimum atomic E-state index is -0.108. The van der Waals surface area contributed by atoms with Crippen LogP contribution in [0.5, 0.6) is 0 Å². The molecule has 5 nitrogen and oxygen atoms in total. The van der Waals surface area contributed by atoms with E-state index in [-0.39, 0.29) is 5.91 Å². The first-order valence-electron chi connectivity index (χ1n) is 6.51. The summed E-state index contributed by atoms with van der Waals surface area (Å²) in [6.07, 6.45) is 0.304. The maximum absolute atomic E-state index is 11.9. The van der Waals surface area contributed by atoms with Crippen molar-refractivity contribution in [2.75, 3.05) is 5.32 Å². The lowest BCUT2D eigenvalue weighted by molar-refractivity contribution is -0.116. The molecule has 1 heterocycles. The number of halogens is 1. The van der Waals surface area contributed by atoms with Crippen molar-refractivity contribution >= 4 is 23.2 Å². The largest absolute Gasteiger partial charge is 0.326 e. The van der Waals surface area contributed by atoms with Crippen LogP contribution in [0.2, 0.25) is 5.02 Å². The van der Waals surface area contributed by atoms with E-state index in [4.69, 9.17) is 16.9 Å². The summed E-state index contributed by atoms with van der Waals surface area (Å²) < 4.78 is 1.73. The number of carbonyl (C=O) groups excluding carboxylic acids is 1. The van der Waals surface area contributed by atoms with Gasteiger partial charge in [-0.3, -0.25) is 9.48 Å². The number of hydrogen-bond donors (Lipinski definition) is 1. The van der Waals surface area contributed by atoms with E-state index >= 15 is 0 Å². The number of amides is 1. The van der Waals surface area contributed by atoms with Crippen molar-refractivity contribution < 1.29 is 4.79 Å². The van der Waals surface area contributed by atoms with Crippen LogP contribution in [-0.4, -0.2) is 15.7 Å². The second-order valence-corrected chi connectivity index (χ2v) is 5.07. The van der Waals surface area contributed by atoms with Gasteiger partial charge in [-0.15, -0.1) is 0 Å². The number of nitrogens with one attached hydrogen (secondary N) is 1. The Labute approximate surface area is 128 Å². The molecule has 0 unspecified atom stereocenters. The molecule has 0 bridgehead atoms. The first-order valence-corrected chi connectivity index (χ1v) is 6.88. The Kier molecular flexibility index (Phi) is 4.61. The molecule has 108 valence electrons. The second kappa shape index (κ2) is 6.42. The molecule has 0 aliphatic heterocycles. The molecule has 0 saturated heterocycles. The number of rotatable bonds is 4. The Morgan fingerprint density at radius 1 is 1.38 bits per heavy atom. The number of benzene rings is 1. The van der Waals surface area contributed by atoms with Gasteiger partial charge < -0.3 is 5.32 Å². The van der Waals surface area contributed by atoms with Gasteiger partial charge in [0.2, 0.25) is 5.91 Å². The van der Waals surface area contributed by atoms with Gasteiger partial charge in [-0.25, -0.2) is 0 Å². The summed E-state index contributed by atoms with van der Waals surface area (Å²) in [6, 6.07) is 8.77. The van der Waals surface area contributed by atoms with E-state index in [1.54, 1.807) is 28.9 Å². The molecular weight excluding hydrogens is 288 g/mol. The number of nitriles is 1. The van der Waals surface area contributed by atoms with Gasteiger partial charge >= 0.3 is 0 Å². The van der Waals surface area contributed by atoms with Crippen LogP contribution in [0.3, 0.4) is 0 Å². The number of carbonyl (C=O) groups is 1. The van der Waals surface area contributed by atoms with Crippen molar-refractivity contribution in [1.29, 1.82) is 5.26 Å². The Morgan fingerprint density at radius 2 is 2.05 bits per heavy atom. The van der Waals surface area contributed by atoms with E-state index in [2.05, 4.69) is 10.4 Å². The molecule has 0 spiro atoms. The highest BCUT2D eigenvalue weighted by Gasteiger charge is 2.10. The van der Waals surface area contributed by atoms with Gasteiger partial charge in [0.1, 0.15) is 0 Å². The summed E-state index contributed by atoms with van der Waals surface area (Å²) in [5.41, 5.74) is 2.86. The maximum atomic E-state index is 11.9. The summed E-state index contributed by atoms with van der Waals surface area (Å²) in [4.78, 5) is 11.9. The van der Waals surface area contributed by atoms with Crippen LogP contribution in [0.1, 0.15) is 23.4 Å². The Hall–Kier alpha value is -2.32. The lowest BCUT2D eigenvalue weighted by Crippen LogP contribution is -2.15. The van der Waals surface area contributed by atoms with E-state index in [1.807, 2.05) is 19.9 Å². The minimum absolute atomic E-state index is 0.108. The smallest absolute Gasteiger partial charge is 0.226 e. The quantitative estimate of drug-likeness (QED) is 0.943. The zero-order valence-corrected chi connectivity index (χ0v) is 12.6. The van der Waals surface area contributed by atoms with Crippen LogP contribution in [0.15, 0.2) is 24.3 Å². The van der Waals surface area contributed by atoms with Gasteiger partial charge in [0.25, 0.3) is 0 Å². The van der Waals surface area contributed by atoms with E-state index < -0.39 is 0 Å². The van der Waals surface area contributed by atoms with Crippen molar-refractivity contribution in [2.24, 2.45) is 0 Å². The van der Waals surface area contributed by atoms with Gasteiger partial charge in [0.15, 0.2) is 0 Å². The Balaban J connectivity index is 1.92. The fraction of sp³-hybridized carbons (Fsp3) is 0.267. The fourth-order valence-electron chi connectivity index (χ4n) is 1.95. The normalized spacial score (nSPS) is 10.2. The SMILES string of the molecule is Cc1nn(CCC(=O)Nc2ccc(C#N)cc2)c(C)c1Cl. The van der Waals surface area contributed by atoms with E-state index in [0.717, 1.165) is 11.4 Å². The van der Waals surface area contributed by atoms with Crippen LogP contribution in [0, 0.1) is 25.2 Å². The van der Waals surface area contributed by atoms with Crippen molar-refractivity contribution in [2.45, 2.75) is 26.8 Å². The van der Waals surface area contributed by atoms with Crippen molar-refractivity contribution in [3.63, 3.8) is 0 Å². The Bertz CT molecular complexity index is 698. The fourth-order valence-corrected chi connectivity index (χ4v) is 2.09. The third-order valence-electron chi connectivity index (χ3n) is 3.14. The van der Waals surface area contributed by atoms with E-state index in [0.29, 0.717) is 29.2 Å². The molecular formula is C15H15ClN4O. The molecule has 0 atom stereocenters. The highest BCUT2D eigenvalue weighted by Crippen LogP contribution is 2.19. The summed E-state index contributed by atoms with van der Waals surface area (Å²) in [5.74, 6) is -0.108. The van der Waals surface area contributed by atoms with Gasteiger partial charge in [-0.05, 0) is 38.1 Å². The van der Waals surface area contributed by atoms with Crippen molar-refractivity contribution in [1.82, 2.24) is 9.78 Å². The predicted octanol–water partition coefficient (Wildman–Crippen LogP) is 3.05.